The van der Waals surface area contributed by atoms with E-state index in [-0.39, 0.29) is 5.69 Å². The summed E-state index contributed by atoms with van der Waals surface area (Å²) in [6.45, 7) is 0. The standard InChI is InChI=1S/C10H16N2O3S/c1-15-8-3-2-6(11)9(12-8)10(14)7(13)4-5-16/h2-3,7,10,13-14,16H,4-5,11H2,1H3. The molecular weight excluding hydrogens is 228 g/mol. The van der Waals surface area contributed by atoms with Crippen LogP contribution >= 0.6 is 12.6 Å². The molecule has 16 heavy (non-hydrogen) atoms. The van der Waals surface area contributed by atoms with E-state index in [9.17, 15) is 10.2 Å². The first-order valence-corrected chi connectivity index (χ1v) is 5.50. The third kappa shape index (κ3) is 3.01. The van der Waals surface area contributed by atoms with Gasteiger partial charge >= 0.3 is 0 Å². The molecule has 0 amide bonds. The maximum Gasteiger partial charge on any atom is 0.213 e. The van der Waals surface area contributed by atoms with Gasteiger partial charge in [-0.15, -0.1) is 0 Å². The van der Waals surface area contributed by atoms with E-state index in [0.29, 0.717) is 23.7 Å². The maximum absolute atomic E-state index is 9.84. The molecule has 90 valence electrons. The number of aromatic nitrogens is 1. The molecule has 0 radical (unpaired) electrons. The van der Waals surface area contributed by atoms with Crippen molar-refractivity contribution >= 4 is 18.3 Å². The number of rotatable bonds is 5. The smallest absolute Gasteiger partial charge is 0.213 e. The maximum atomic E-state index is 9.84. The number of pyridine rings is 1. The number of aliphatic hydroxyl groups is 2. The Labute approximate surface area is 99.7 Å². The predicted octanol–water partition coefficient (Wildman–Crippen LogP) is 0.387. The zero-order valence-corrected chi connectivity index (χ0v) is 9.89. The summed E-state index contributed by atoms with van der Waals surface area (Å²) in [5.41, 5.74) is 6.23. The lowest BCUT2D eigenvalue weighted by Crippen LogP contribution is -2.21. The third-order valence-electron chi connectivity index (χ3n) is 2.21. The van der Waals surface area contributed by atoms with Crippen LogP contribution in [0.3, 0.4) is 0 Å². The van der Waals surface area contributed by atoms with Crippen molar-refractivity contribution in [2.45, 2.75) is 18.6 Å². The van der Waals surface area contributed by atoms with Gasteiger partial charge in [0.05, 0.1) is 24.6 Å². The first-order valence-electron chi connectivity index (χ1n) is 4.87. The number of nitrogens with zero attached hydrogens (tertiary/aromatic N) is 1. The van der Waals surface area contributed by atoms with E-state index >= 15 is 0 Å². The molecule has 0 aliphatic rings. The van der Waals surface area contributed by atoms with Gasteiger partial charge in [0.25, 0.3) is 0 Å². The van der Waals surface area contributed by atoms with Gasteiger partial charge in [0.15, 0.2) is 0 Å². The molecule has 0 saturated heterocycles. The zero-order valence-electron chi connectivity index (χ0n) is 9.00. The number of anilines is 1. The van der Waals surface area contributed by atoms with Gasteiger partial charge in [-0.1, -0.05) is 0 Å². The van der Waals surface area contributed by atoms with Crippen molar-refractivity contribution in [2.24, 2.45) is 0 Å². The molecule has 0 aliphatic carbocycles. The Morgan fingerprint density at radius 3 is 2.75 bits per heavy atom. The van der Waals surface area contributed by atoms with Crippen LogP contribution in [0.25, 0.3) is 0 Å². The molecule has 1 aromatic heterocycles. The molecule has 2 atom stereocenters. The highest BCUT2D eigenvalue weighted by Crippen LogP contribution is 2.25. The molecule has 0 fully saturated rings. The fraction of sp³-hybridized carbons (Fsp3) is 0.500. The molecule has 0 aliphatic heterocycles. The van der Waals surface area contributed by atoms with Crippen LogP contribution in [0.15, 0.2) is 12.1 Å². The van der Waals surface area contributed by atoms with Crippen molar-refractivity contribution in [3.8, 4) is 5.88 Å². The van der Waals surface area contributed by atoms with Gasteiger partial charge in [-0.3, -0.25) is 0 Å². The number of nitrogens with two attached hydrogens (primary N) is 1. The molecule has 5 nitrogen and oxygen atoms in total. The Morgan fingerprint density at radius 2 is 2.19 bits per heavy atom. The summed E-state index contributed by atoms with van der Waals surface area (Å²) < 4.78 is 4.93. The molecule has 1 aromatic rings. The topological polar surface area (TPSA) is 88.6 Å². The second-order valence-electron chi connectivity index (χ2n) is 3.35. The van der Waals surface area contributed by atoms with Gasteiger partial charge in [-0.25, -0.2) is 4.98 Å². The molecule has 2 unspecified atom stereocenters. The van der Waals surface area contributed by atoms with Gasteiger partial charge in [-0.05, 0) is 18.2 Å². The average Bonchev–Trinajstić information content (AvgIpc) is 2.29. The first kappa shape index (κ1) is 13.1. The van der Waals surface area contributed by atoms with E-state index in [1.54, 1.807) is 12.1 Å². The normalized spacial score (nSPS) is 14.5. The van der Waals surface area contributed by atoms with Crippen LogP contribution in [0.2, 0.25) is 0 Å². The van der Waals surface area contributed by atoms with E-state index in [1.165, 1.54) is 7.11 Å². The van der Waals surface area contributed by atoms with E-state index in [1.807, 2.05) is 0 Å². The molecule has 0 bridgehead atoms. The van der Waals surface area contributed by atoms with E-state index in [0.717, 1.165) is 0 Å². The summed E-state index contributed by atoms with van der Waals surface area (Å²) in [5, 5.41) is 19.5. The van der Waals surface area contributed by atoms with Gasteiger partial charge in [-0.2, -0.15) is 12.6 Å². The highest BCUT2D eigenvalue weighted by molar-refractivity contribution is 7.80. The van der Waals surface area contributed by atoms with Crippen LogP contribution in [0.1, 0.15) is 18.2 Å². The predicted molar refractivity (Wildman–Crippen MR) is 64.6 cm³/mol. The van der Waals surface area contributed by atoms with Gasteiger partial charge in [0.1, 0.15) is 6.10 Å². The molecule has 0 spiro atoms. The van der Waals surface area contributed by atoms with Crippen LogP contribution < -0.4 is 10.5 Å². The Morgan fingerprint density at radius 1 is 1.50 bits per heavy atom. The Hall–Kier alpha value is -0.980. The van der Waals surface area contributed by atoms with Gasteiger partial charge in [0.2, 0.25) is 5.88 Å². The lowest BCUT2D eigenvalue weighted by atomic mass is 10.1. The zero-order chi connectivity index (χ0) is 12.1. The number of ether oxygens (including phenoxy) is 1. The van der Waals surface area contributed by atoms with Crippen LogP contribution in [0.4, 0.5) is 5.69 Å². The van der Waals surface area contributed by atoms with Crippen LogP contribution in [-0.4, -0.2) is 34.2 Å². The van der Waals surface area contributed by atoms with Crippen LogP contribution in [0, 0.1) is 0 Å². The summed E-state index contributed by atoms with van der Waals surface area (Å²) in [6.07, 6.45) is -1.69. The largest absolute Gasteiger partial charge is 0.481 e. The molecule has 0 aromatic carbocycles. The number of aliphatic hydroxyl groups excluding tert-OH is 2. The summed E-state index contributed by atoms with van der Waals surface area (Å²) in [6, 6.07) is 3.17. The highest BCUT2D eigenvalue weighted by Gasteiger charge is 2.21. The summed E-state index contributed by atoms with van der Waals surface area (Å²) in [7, 11) is 1.47. The number of hydrogen-bond acceptors (Lipinski definition) is 6. The Balaban J connectivity index is 2.92. The summed E-state index contributed by atoms with van der Waals surface area (Å²) in [5.74, 6) is 0.823. The first-order chi connectivity index (χ1) is 7.60. The third-order valence-corrected chi connectivity index (χ3v) is 2.47. The molecule has 1 heterocycles. The van der Waals surface area contributed by atoms with Crippen LogP contribution in [0.5, 0.6) is 5.88 Å². The van der Waals surface area contributed by atoms with Crippen molar-refractivity contribution in [3.63, 3.8) is 0 Å². The van der Waals surface area contributed by atoms with E-state index in [2.05, 4.69) is 17.6 Å². The van der Waals surface area contributed by atoms with E-state index in [4.69, 9.17) is 10.5 Å². The minimum Gasteiger partial charge on any atom is -0.481 e. The number of nitrogen functional groups attached to an aromatic ring is 1. The van der Waals surface area contributed by atoms with Gasteiger partial charge in [0, 0.05) is 6.07 Å². The Kier molecular flexibility index (Phi) is 4.85. The van der Waals surface area contributed by atoms with Crippen molar-refractivity contribution in [3.05, 3.63) is 17.8 Å². The van der Waals surface area contributed by atoms with E-state index < -0.39 is 12.2 Å². The quantitative estimate of drug-likeness (QED) is 0.563. The fourth-order valence-electron chi connectivity index (χ4n) is 1.29. The minimum absolute atomic E-state index is 0.230. The van der Waals surface area contributed by atoms with Crippen molar-refractivity contribution < 1.29 is 14.9 Å². The molecule has 6 heteroatoms. The number of hydrogen-bond donors (Lipinski definition) is 4. The second-order valence-corrected chi connectivity index (χ2v) is 3.80. The Bertz CT molecular complexity index is 349. The molecule has 0 saturated carbocycles. The van der Waals surface area contributed by atoms with Crippen LogP contribution in [-0.2, 0) is 0 Å². The summed E-state index contributed by atoms with van der Waals surface area (Å²) in [4.78, 5) is 4.01. The molecule has 1 rings (SSSR count). The lowest BCUT2D eigenvalue weighted by Gasteiger charge is -2.18. The van der Waals surface area contributed by atoms with Crippen molar-refractivity contribution in [1.82, 2.24) is 4.98 Å². The molecular formula is C10H16N2O3S. The fourth-order valence-corrected chi connectivity index (χ4v) is 1.55. The van der Waals surface area contributed by atoms with Crippen molar-refractivity contribution in [1.29, 1.82) is 0 Å². The summed E-state index contributed by atoms with van der Waals surface area (Å²) >= 11 is 3.98. The number of methoxy groups -OCH3 is 1. The highest BCUT2D eigenvalue weighted by atomic mass is 32.1. The van der Waals surface area contributed by atoms with Gasteiger partial charge < -0.3 is 20.7 Å². The lowest BCUT2D eigenvalue weighted by molar-refractivity contribution is 0.0149. The SMILES string of the molecule is COc1ccc(N)c(C(O)C(O)CCS)n1. The second kappa shape index (κ2) is 5.93. The monoisotopic (exact) mass is 244 g/mol. The minimum atomic E-state index is -1.12. The number of thiol groups is 1. The average molecular weight is 244 g/mol. The molecule has 4 N–H and O–H groups in total. The van der Waals surface area contributed by atoms with Crippen molar-refractivity contribution in [2.75, 3.05) is 18.6 Å².